The zero-order valence-corrected chi connectivity index (χ0v) is 6.57. The molecule has 0 radical (unpaired) electrons. The number of carbonyl (C=O) groups excluding carboxylic acids is 1. The molecule has 0 unspecified atom stereocenters. The molecule has 0 fully saturated rings. The summed E-state index contributed by atoms with van der Waals surface area (Å²) in [5, 5.41) is 2.40. The first kappa shape index (κ1) is 9.03. The van der Waals surface area contributed by atoms with Crippen molar-refractivity contribution in [3.8, 4) is 0 Å². The van der Waals surface area contributed by atoms with Gasteiger partial charge in [0.2, 0.25) is 11.0 Å². The van der Waals surface area contributed by atoms with Crippen LogP contribution < -0.4 is 5.32 Å². The van der Waals surface area contributed by atoms with Crippen molar-refractivity contribution in [2.75, 3.05) is 7.11 Å². The van der Waals surface area contributed by atoms with Crippen molar-refractivity contribution in [1.29, 1.82) is 0 Å². The van der Waals surface area contributed by atoms with E-state index in [0.717, 1.165) is 6.40 Å². The third-order valence-corrected chi connectivity index (χ3v) is 0.766. The van der Waals surface area contributed by atoms with Crippen LogP contribution in [0.1, 0.15) is 6.92 Å². The Morgan fingerprint density at radius 2 is 2.40 bits per heavy atom. The summed E-state index contributed by atoms with van der Waals surface area (Å²) in [6, 6.07) is 0. The Bertz CT molecular complexity index is 167. The molecule has 56 valence electrons. The van der Waals surface area contributed by atoms with Crippen molar-refractivity contribution in [2.24, 2.45) is 4.99 Å². The molecular weight excluding hydrogens is 152 g/mol. The highest BCUT2D eigenvalue weighted by atomic mass is 32.1. The Kier molecular flexibility index (Phi) is 4.39. The van der Waals surface area contributed by atoms with Crippen LogP contribution >= 0.6 is 12.2 Å². The van der Waals surface area contributed by atoms with Crippen molar-refractivity contribution in [3.05, 3.63) is 0 Å². The first-order valence-corrected chi connectivity index (χ1v) is 2.94. The van der Waals surface area contributed by atoms with Gasteiger partial charge in [0.05, 0.1) is 7.11 Å². The number of aliphatic imine (C=N–C) groups is 1. The summed E-state index contributed by atoms with van der Waals surface area (Å²) < 4.78 is 4.46. The highest BCUT2D eigenvalue weighted by molar-refractivity contribution is 7.80. The van der Waals surface area contributed by atoms with E-state index in [-0.39, 0.29) is 11.0 Å². The standard InChI is InChI=1S/C5H8N2O2S/c1-4(8)7-5(10)6-3-9-2/h3H,1-2H3,(H,7,8,10). The fourth-order valence-electron chi connectivity index (χ4n) is 0.283. The van der Waals surface area contributed by atoms with Crippen LogP contribution in [-0.4, -0.2) is 24.5 Å². The molecule has 0 saturated heterocycles. The molecule has 1 amide bonds. The maximum Gasteiger partial charge on any atom is 0.223 e. The fraction of sp³-hybridized carbons (Fsp3) is 0.400. The molecule has 0 aliphatic rings. The largest absolute Gasteiger partial charge is 0.486 e. The molecule has 1 N–H and O–H groups in total. The second-order valence-electron chi connectivity index (χ2n) is 1.46. The lowest BCUT2D eigenvalue weighted by Gasteiger charge is -1.94. The summed E-state index contributed by atoms with van der Waals surface area (Å²) in [5.41, 5.74) is 0. The van der Waals surface area contributed by atoms with Gasteiger partial charge < -0.3 is 10.1 Å². The average Bonchev–Trinajstić information content (AvgIpc) is 1.82. The molecule has 0 aromatic heterocycles. The summed E-state index contributed by atoms with van der Waals surface area (Å²) in [5.74, 6) is -0.238. The normalized spacial score (nSPS) is 9.40. The van der Waals surface area contributed by atoms with E-state index in [1.54, 1.807) is 0 Å². The van der Waals surface area contributed by atoms with E-state index in [4.69, 9.17) is 0 Å². The van der Waals surface area contributed by atoms with Crippen LogP contribution in [0.3, 0.4) is 0 Å². The van der Waals surface area contributed by atoms with Crippen molar-refractivity contribution >= 4 is 29.6 Å². The topological polar surface area (TPSA) is 50.7 Å². The van der Waals surface area contributed by atoms with E-state index in [0.29, 0.717) is 0 Å². The highest BCUT2D eigenvalue weighted by Gasteiger charge is 1.92. The van der Waals surface area contributed by atoms with E-state index in [9.17, 15) is 4.79 Å². The molecule has 0 saturated carbocycles. The minimum absolute atomic E-state index is 0.106. The minimum Gasteiger partial charge on any atom is -0.486 e. The van der Waals surface area contributed by atoms with Crippen LogP contribution in [0.2, 0.25) is 0 Å². The van der Waals surface area contributed by atoms with Crippen LogP contribution in [0.15, 0.2) is 4.99 Å². The summed E-state index contributed by atoms with van der Waals surface area (Å²) in [4.78, 5) is 13.8. The van der Waals surface area contributed by atoms with Gasteiger partial charge in [-0.3, -0.25) is 4.79 Å². The molecular formula is C5H8N2O2S. The predicted molar refractivity (Wildman–Crippen MR) is 41.9 cm³/mol. The molecule has 0 aromatic rings. The smallest absolute Gasteiger partial charge is 0.223 e. The quantitative estimate of drug-likeness (QED) is 0.336. The molecule has 5 heteroatoms. The Labute approximate surface area is 64.3 Å². The zero-order valence-electron chi connectivity index (χ0n) is 5.75. The number of hydrogen-bond donors (Lipinski definition) is 1. The lowest BCUT2D eigenvalue weighted by atomic mass is 10.7. The van der Waals surface area contributed by atoms with Gasteiger partial charge in [-0.05, 0) is 12.2 Å². The summed E-state index contributed by atoms with van der Waals surface area (Å²) in [7, 11) is 1.44. The predicted octanol–water partition coefficient (Wildman–Crippen LogP) is 0.0821. The van der Waals surface area contributed by atoms with Crippen LogP contribution in [-0.2, 0) is 9.53 Å². The molecule has 0 aliphatic carbocycles. The van der Waals surface area contributed by atoms with Gasteiger partial charge >= 0.3 is 0 Å². The second kappa shape index (κ2) is 4.87. The molecule has 0 aliphatic heterocycles. The lowest BCUT2D eigenvalue weighted by molar-refractivity contribution is -0.117. The van der Waals surface area contributed by atoms with Gasteiger partial charge in [-0.15, -0.1) is 0 Å². The van der Waals surface area contributed by atoms with E-state index < -0.39 is 0 Å². The zero-order chi connectivity index (χ0) is 7.98. The molecule has 0 bridgehead atoms. The van der Waals surface area contributed by atoms with Gasteiger partial charge in [0.15, 0.2) is 6.40 Å². The van der Waals surface area contributed by atoms with Gasteiger partial charge in [-0.2, -0.15) is 4.99 Å². The third kappa shape index (κ3) is 5.17. The Hall–Kier alpha value is -0.970. The van der Waals surface area contributed by atoms with Crippen molar-refractivity contribution in [2.45, 2.75) is 6.92 Å². The van der Waals surface area contributed by atoms with E-state index in [1.807, 2.05) is 0 Å². The first-order chi connectivity index (χ1) is 4.66. The number of hydrogen-bond acceptors (Lipinski definition) is 3. The van der Waals surface area contributed by atoms with E-state index in [2.05, 4.69) is 27.3 Å². The Morgan fingerprint density at radius 3 is 2.80 bits per heavy atom. The van der Waals surface area contributed by atoms with Crippen molar-refractivity contribution in [3.63, 3.8) is 0 Å². The highest BCUT2D eigenvalue weighted by Crippen LogP contribution is 1.73. The number of nitrogens with one attached hydrogen (secondary N) is 1. The lowest BCUT2D eigenvalue weighted by Crippen LogP contribution is -2.24. The number of methoxy groups -OCH3 is 1. The Morgan fingerprint density at radius 1 is 1.80 bits per heavy atom. The molecule has 0 aromatic carbocycles. The molecule has 4 nitrogen and oxygen atoms in total. The van der Waals surface area contributed by atoms with Gasteiger partial charge in [-0.25, -0.2) is 0 Å². The average molecular weight is 160 g/mol. The van der Waals surface area contributed by atoms with Gasteiger partial charge in [-0.1, -0.05) is 0 Å². The molecule has 0 atom stereocenters. The van der Waals surface area contributed by atoms with Crippen molar-refractivity contribution < 1.29 is 9.53 Å². The maximum absolute atomic E-state index is 10.3. The van der Waals surface area contributed by atoms with Crippen LogP contribution in [0.25, 0.3) is 0 Å². The van der Waals surface area contributed by atoms with Gasteiger partial charge in [0.1, 0.15) is 0 Å². The molecule has 10 heavy (non-hydrogen) atoms. The summed E-state index contributed by atoms with van der Waals surface area (Å²) >= 11 is 4.59. The van der Waals surface area contributed by atoms with Crippen LogP contribution in [0.4, 0.5) is 0 Å². The van der Waals surface area contributed by atoms with Crippen molar-refractivity contribution in [1.82, 2.24) is 5.32 Å². The van der Waals surface area contributed by atoms with Gasteiger partial charge in [0.25, 0.3) is 0 Å². The number of ether oxygens (including phenoxy) is 1. The molecule has 0 heterocycles. The Balaban J connectivity index is 3.64. The van der Waals surface area contributed by atoms with Gasteiger partial charge in [0, 0.05) is 6.92 Å². The fourth-order valence-corrected chi connectivity index (χ4v) is 0.470. The van der Waals surface area contributed by atoms with Crippen LogP contribution in [0.5, 0.6) is 0 Å². The SMILES string of the molecule is COC=NC(=S)NC(C)=O. The maximum atomic E-state index is 10.3. The number of nitrogens with zero attached hydrogens (tertiary/aromatic N) is 1. The second-order valence-corrected chi connectivity index (χ2v) is 1.84. The number of thiocarbonyl (C=S) groups is 1. The van der Waals surface area contributed by atoms with E-state index in [1.165, 1.54) is 14.0 Å². The van der Waals surface area contributed by atoms with Crippen LogP contribution in [0, 0.1) is 0 Å². The molecule has 0 spiro atoms. The summed E-state index contributed by atoms with van der Waals surface area (Å²) in [6.07, 6.45) is 1.15. The third-order valence-electron chi connectivity index (χ3n) is 0.558. The monoisotopic (exact) mass is 160 g/mol. The first-order valence-electron chi connectivity index (χ1n) is 2.53. The number of carbonyl (C=O) groups is 1. The molecule has 0 rings (SSSR count). The summed E-state index contributed by atoms with van der Waals surface area (Å²) in [6.45, 7) is 1.36. The minimum atomic E-state index is -0.238. The number of rotatable bonds is 1. The van der Waals surface area contributed by atoms with E-state index >= 15 is 0 Å². The number of amides is 1.